The Balaban J connectivity index is 2.36. The van der Waals surface area contributed by atoms with E-state index >= 15 is 0 Å². The van der Waals surface area contributed by atoms with E-state index < -0.39 is 69.4 Å². The summed E-state index contributed by atoms with van der Waals surface area (Å²) in [5.41, 5.74) is 27.6. The highest BCUT2D eigenvalue weighted by atomic mass is 28.4. The summed E-state index contributed by atoms with van der Waals surface area (Å²) >= 11 is 0. The number of hydrogen-bond acceptors (Lipinski definition) is 10. The van der Waals surface area contributed by atoms with Crippen molar-refractivity contribution in [3.05, 3.63) is 31.3 Å². The van der Waals surface area contributed by atoms with Gasteiger partial charge >= 0.3 is 0 Å². The highest BCUT2D eigenvalue weighted by molar-refractivity contribution is 6.77. The SMILES string of the molecule is CC(C)[Si](OCC1O[C@H](O[C@@H]2C(N=[N+]=[N-])C[C@@H](N=[N+]=[N-])C(O)[C@H]2O)C(N=[N+]=[N-])[C@@H](O)[C@@H]1O)(C(C)C)C(C)C. The minimum atomic E-state index is -2.38. The molecule has 0 radical (unpaired) electrons. The Labute approximate surface area is 221 Å². The first-order valence-corrected chi connectivity index (χ1v) is 14.8. The Morgan fingerprint density at radius 3 is 1.82 bits per heavy atom. The fourth-order valence-electron chi connectivity index (χ4n) is 5.93. The first-order valence-electron chi connectivity index (χ1n) is 12.7. The van der Waals surface area contributed by atoms with Crippen molar-refractivity contribution in [3.63, 3.8) is 0 Å². The van der Waals surface area contributed by atoms with Crippen LogP contribution in [0.2, 0.25) is 16.6 Å². The van der Waals surface area contributed by atoms with Gasteiger partial charge in [-0.1, -0.05) is 56.9 Å². The van der Waals surface area contributed by atoms with Crippen LogP contribution in [0, 0.1) is 0 Å². The molecule has 4 unspecified atom stereocenters. The molecule has 2 aliphatic rings. The largest absolute Gasteiger partial charge is 0.413 e. The summed E-state index contributed by atoms with van der Waals surface area (Å²) < 4.78 is 18.4. The molecule has 1 aliphatic carbocycles. The van der Waals surface area contributed by atoms with Crippen molar-refractivity contribution in [2.24, 2.45) is 15.3 Å². The molecular formula is C21H39N9O7Si. The van der Waals surface area contributed by atoms with Gasteiger partial charge in [0, 0.05) is 14.7 Å². The van der Waals surface area contributed by atoms with Crippen molar-refractivity contribution >= 4 is 8.32 Å². The van der Waals surface area contributed by atoms with Crippen LogP contribution < -0.4 is 0 Å². The molecule has 0 spiro atoms. The standard InChI is InChI=1S/C21H39N9O7Si/c1-9(2)38(10(3)4,11(5)6)35-8-14-17(32)18(33)15(27-30-24)21(36-14)37-20-13(26-29-23)7-12(25-28-22)16(31)19(20)34/h9-21,31-34H,7-8H2,1-6H3/t12-,13?,14?,15?,16?,17-,18-,19-,20-,21-/m1/s1. The Bertz CT molecular complexity index is 918. The van der Waals surface area contributed by atoms with Crippen molar-refractivity contribution in [3.8, 4) is 0 Å². The topological polar surface area (TPSA) is 255 Å². The lowest BCUT2D eigenvalue weighted by atomic mass is 9.84. The zero-order valence-electron chi connectivity index (χ0n) is 22.5. The minimum absolute atomic E-state index is 0.0730. The second kappa shape index (κ2) is 13.8. The summed E-state index contributed by atoms with van der Waals surface area (Å²) in [5, 5.41) is 53.4. The van der Waals surface area contributed by atoms with E-state index in [1.165, 1.54) is 0 Å². The lowest BCUT2D eigenvalue weighted by Crippen LogP contribution is -2.63. The Morgan fingerprint density at radius 1 is 0.789 bits per heavy atom. The monoisotopic (exact) mass is 557 g/mol. The first-order chi connectivity index (χ1) is 17.9. The van der Waals surface area contributed by atoms with Gasteiger partial charge in [0.1, 0.15) is 24.4 Å². The Morgan fingerprint density at radius 2 is 1.32 bits per heavy atom. The van der Waals surface area contributed by atoms with Gasteiger partial charge in [-0.2, -0.15) is 0 Å². The van der Waals surface area contributed by atoms with Gasteiger partial charge < -0.3 is 34.3 Å². The lowest BCUT2D eigenvalue weighted by Gasteiger charge is -2.47. The third-order valence-electron chi connectivity index (χ3n) is 7.69. The predicted octanol–water partition coefficient (Wildman–Crippen LogP) is 3.17. The summed E-state index contributed by atoms with van der Waals surface area (Å²) in [5.74, 6) is 0. The second-order valence-corrected chi connectivity index (χ2v) is 16.2. The normalized spacial score (nSPS) is 35.9. The number of rotatable bonds is 11. The molecule has 1 saturated heterocycles. The van der Waals surface area contributed by atoms with E-state index in [9.17, 15) is 20.4 Å². The van der Waals surface area contributed by atoms with E-state index in [2.05, 4.69) is 71.6 Å². The van der Waals surface area contributed by atoms with Crippen LogP contribution in [-0.4, -0.2) is 96.4 Å². The van der Waals surface area contributed by atoms with Crippen molar-refractivity contribution in [1.29, 1.82) is 0 Å². The third-order valence-corrected chi connectivity index (χ3v) is 13.8. The van der Waals surface area contributed by atoms with Crippen molar-refractivity contribution in [2.45, 2.75) is 126 Å². The molecule has 0 bridgehead atoms. The highest BCUT2D eigenvalue weighted by Crippen LogP contribution is 2.43. The van der Waals surface area contributed by atoms with Crippen LogP contribution in [0.1, 0.15) is 48.0 Å². The first kappa shape index (κ1) is 32.1. The molecule has 16 nitrogen and oxygen atoms in total. The van der Waals surface area contributed by atoms with E-state index in [4.69, 9.17) is 30.5 Å². The molecular weight excluding hydrogens is 518 g/mol. The van der Waals surface area contributed by atoms with Crippen molar-refractivity contribution < 1.29 is 34.3 Å². The Hall–Kier alpha value is -2.13. The minimum Gasteiger partial charge on any atom is -0.413 e. The quantitative estimate of drug-likeness (QED) is 0.127. The van der Waals surface area contributed by atoms with Crippen LogP contribution in [-0.2, 0) is 13.9 Å². The molecule has 17 heteroatoms. The van der Waals surface area contributed by atoms with Gasteiger partial charge in [-0.3, -0.25) is 0 Å². The van der Waals surface area contributed by atoms with E-state index in [0.29, 0.717) is 0 Å². The third kappa shape index (κ3) is 6.53. The van der Waals surface area contributed by atoms with E-state index in [0.717, 1.165) is 0 Å². The maximum atomic E-state index is 10.8. The number of azide groups is 3. The predicted molar refractivity (Wildman–Crippen MR) is 138 cm³/mol. The number of aliphatic hydroxyl groups excluding tert-OH is 4. The van der Waals surface area contributed by atoms with Crippen molar-refractivity contribution in [2.75, 3.05) is 6.61 Å². The molecule has 0 aromatic heterocycles. The fourth-order valence-corrected chi connectivity index (χ4v) is 11.4. The van der Waals surface area contributed by atoms with Crippen LogP contribution in [0.25, 0.3) is 31.3 Å². The van der Waals surface area contributed by atoms with Crippen LogP contribution in [0.4, 0.5) is 0 Å². The van der Waals surface area contributed by atoms with E-state index in [1.807, 2.05) is 0 Å². The molecule has 0 aromatic carbocycles. The van der Waals surface area contributed by atoms with E-state index in [-0.39, 0.29) is 29.7 Å². The fraction of sp³-hybridized carbons (Fsp3) is 1.00. The lowest BCUT2D eigenvalue weighted by molar-refractivity contribution is -0.293. The second-order valence-electron chi connectivity index (χ2n) is 10.7. The summed E-state index contributed by atoms with van der Waals surface area (Å²) in [6, 6.07) is -3.61. The van der Waals surface area contributed by atoms with Gasteiger partial charge in [0.15, 0.2) is 14.6 Å². The van der Waals surface area contributed by atoms with Crippen LogP contribution in [0.15, 0.2) is 15.3 Å². The van der Waals surface area contributed by atoms with Gasteiger partial charge in [-0.15, -0.1) is 0 Å². The van der Waals surface area contributed by atoms with Crippen LogP contribution in [0.5, 0.6) is 0 Å². The van der Waals surface area contributed by atoms with E-state index in [1.54, 1.807) is 0 Å². The van der Waals surface area contributed by atoms with Crippen LogP contribution in [0.3, 0.4) is 0 Å². The molecule has 2 fully saturated rings. The van der Waals surface area contributed by atoms with Crippen LogP contribution >= 0.6 is 0 Å². The molecule has 0 amide bonds. The smallest absolute Gasteiger partial charge is 0.200 e. The molecule has 1 heterocycles. The molecule has 2 rings (SSSR count). The van der Waals surface area contributed by atoms with Gasteiger partial charge in [-0.25, -0.2) is 0 Å². The van der Waals surface area contributed by atoms with Gasteiger partial charge in [0.25, 0.3) is 0 Å². The summed E-state index contributed by atoms with van der Waals surface area (Å²) in [6.07, 6.45) is -10.4. The molecule has 1 aliphatic heterocycles. The van der Waals surface area contributed by atoms with Gasteiger partial charge in [-0.05, 0) is 39.6 Å². The maximum Gasteiger partial charge on any atom is 0.200 e. The molecule has 1 saturated carbocycles. The highest BCUT2D eigenvalue weighted by Gasteiger charge is 2.51. The Kier molecular flexibility index (Phi) is 11.6. The number of aliphatic hydroxyl groups is 4. The van der Waals surface area contributed by atoms with Crippen molar-refractivity contribution in [1.82, 2.24) is 0 Å². The zero-order chi connectivity index (χ0) is 28.8. The molecule has 38 heavy (non-hydrogen) atoms. The summed E-state index contributed by atoms with van der Waals surface area (Å²) in [7, 11) is -2.38. The molecule has 214 valence electrons. The van der Waals surface area contributed by atoms with Gasteiger partial charge in [0.2, 0.25) is 0 Å². The zero-order valence-corrected chi connectivity index (χ0v) is 23.5. The molecule has 4 N–H and O–H groups in total. The van der Waals surface area contributed by atoms with Gasteiger partial charge in [0.05, 0.1) is 37.0 Å². The average Bonchev–Trinajstić information content (AvgIpc) is 2.84. The number of ether oxygens (including phenoxy) is 2. The molecule has 0 aromatic rings. The summed E-state index contributed by atoms with van der Waals surface area (Å²) in [6.45, 7) is 12.5. The molecule has 10 atom stereocenters. The number of nitrogens with zero attached hydrogens (tertiary/aromatic N) is 9. The maximum absolute atomic E-state index is 10.8. The number of hydrogen-bond donors (Lipinski definition) is 4. The average molecular weight is 558 g/mol. The summed E-state index contributed by atoms with van der Waals surface area (Å²) in [4.78, 5) is 8.11.